The molecule has 8 aliphatic rings. The van der Waals surface area contributed by atoms with Crippen LogP contribution in [0.3, 0.4) is 0 Å². The van der Waals surface area contributed by atoms with Crippen molar-refractivity contribution in [3.8, 4) is 11.5 Å². The molecule has 4 aliphatic heterocycles. The first-order chi connectivity index (χ1) is 39.7. The number of allylic oxidation sites excluding steroid dienone is 2. The highest BCUT2D eigenvalue weighted by molar-refractivity contribution is 6.31. The maximum Gasteiger partial charge on any atom is 0.342 e. The zero-order valence-electron chi connectivity index (χ0n) is 48.0. The van der Waals surface area contributed by atoms with Crippen LogP contribution in [0.15, 0.2) is 97.1 Å². The molecule has 0 amide bonds. The number of anilines is 2. The first-order valence-corrected chi connectivity index (χ1v) is 31.3. The Hall–Kier alpha value is -5.08. The molecule has 4 bridgehead atoms. The van der Waals surface area contributed by atoms with E-state index in [-0.39, 0.29) is 35.5 Å². The average molecular weight is 1160 g/mol. The number of esters is 2. The van der Waals surface area contributed by atoms with Gasteiger partial charge < -0.3 is 49.2 Å². The Labute approximate surface area is 494 Å². The Morgan fingerprint density at radius 1 is 0.549 bits per heavy atom. The molecular formula is C68H84Cl2N2O10. The van der Waals surface area contributed by atoms with Gasteiger partial charge in [0.25, 0.3) is 0 Å². The SMILES string of the molecule is COC(=O)[C@@]1(O)CCCCC/C=C/[C@H](O)[C@@H]2CC[C@H]2CN2C[C@@]3(CCCc4cc(Cl)ccc43)COc3ccc1cc32.COC(=O)[C@]1(O)CCCCC/C=C/[C@H](O)[C@@H]2CC[C@H]2CN2C[C@@]3(CCCc4cc(Cl)ccc43)COc3ccc1cc32. The van der Waals surface area contributed by atoms with E-state index in [1.165, 1.54) is 36.5 Å². The third-order valence-electron chi connectivity index (χ3n) is 20.3. The summed E-state index contributed by atoms with van der Waals surface area (Å²) in [6.45, 7) is 4.15. The van der Waals surface area contributed by atoms with Crippen LogP contribution in [0.25, 0.3) is 0 Å². The number of aliphatic hydroxyl groups excluding tert-OH is 2. The number of aryl methyl sites for hydroxylation is 2. The maximum atomic E-state index is 13.0. The van der Waals surface area contributed by atoms with E-state index in [9.17, 15) is 30.0 Å². The molecule has 2 saturated carbocycles. The lowest BCUT2D eigenvalue weighted by molar-refractivity contribution is -0.165. The smallest absolute Gasteiger partial charge is 0.342 e. The maximum absolute atomic E-state index is 13.0. The van der Waals surface area contributed by atoms with Gasteiger partial charge in [-0.1, -0.05) is 84.6 Å². The van der Waals surface area contributed by atoms with Crippen LogP contribution < -0.4 is 19.3 Å². The first-order valence-electron chi connectivity index (χ1n) is 30.6. The van der Waals surface area contributed by atoms with Crippen LogP contribution in [-0.2, 0) is 53.9 Å². The van der Waals surface area contributed by atoms with Gasteiger partial charge in [-0.25, -0.2) is 9.59 Å². The van der Waals surface area contributed by atoms with Gasteiger partial charge in [0.2, 0.25) is 0 Å². The van der Waals surface area contributed by atoms with Crippen molar-refractivity contribution in [3.63, 3.8) is 0 Å². The van der Waals surface area contributed by atoms with Gasteiger partial charge in [0, 0.05) is 47.1 Å². The van der Waals surface area contributed by atoms with E-state index in [4.69, 9.17) is 42.1 Å². The van der Waals surface area contributed by atoms with E-state index in [2.05, 4.69) is 46.2 Å². The van der Waals surface area contributed by atoms with E-state index in [1.54, 1.807) is 0 Å². The molecule has 4 aromatic rings. The summed E-state index contributed by atoms with van der Waals surface area (Å²) in [5.74, 6) is 1.37. The molecule has 4 heterocycles. The van der Waals surface area contributed by atoms with Crippen molar-refractivity contribution in [1.29, 1.82) is 0 Å². The number of rotatable bonds is 2. The van der Waals surface area contributed by atoms with E-state index in [0.29, 0.717) is 49.0 Å². The van der Waals surface area contributed by atoms with Crippen molar-refractivity contribution < 1.29 is 49.0 Å². The fraction of sp³-hybridized carbons (Fsp3) is 0.559. The third kappa shape index (κ3) is 11.7. The molecule has 0 aromatic heterocycles. The molecular weight excluding hydrogens is 1080 g/mol. The summed E-state index contributed by atoms with van der Waals surface area (Å²) in [5, 5.41) is 47.2. The van der Waals surface area contributed by atoms with E-state index in [1.807, 2.05) is 60.7 Å². The average Bonchev–Trinajstić information content (AvgIpc) is 3.93. The second kappa shape index (κ2) is 24.9. The highest BCUT2D eigenvalue weighted by Crippen LogP contribution is 2.50. The molecule has 2 spiro atoms. The van der Waals surface area contributed by atoms with Crippen molar-refractivity contribution in [1.82, 2.24) is 0 Å². The van der Waals surface area contributed by atoms with E-state index < -0.39 is 35.3 Å². The van der Waals surface area contributed by atoms with E-state index in [0.717, 1.165) is 162 Å². The number of benzene rings is 4. The molecule has 12 rings (SSSR count). The lowest BCUT2D eigenvalue weighted by Gasteiger charge is -2.45. The Balaban J connectivity index is 0.000000172. The number of carbonyl (C=O) groups excluding carboxylic acids is 2. The van der Waals surface area contributed by atoms with Gasteiger partial charge in [-0.15, -0.1) is 0 Å². The number of carbonyl (C=O) groups is 2. The zero-order chi connectivity index (χ0) is 57.2. The molecule has 2 fully saturated rings. The summed E-state index contributed by atoms with van der Waals surface area (Å²) in [7, 11) is 2.67. The van der Waals surface area contributed by atoms with Gasteiger partial charge in [0.15, 0.2) is 11.2 Å². The monoisotopic (exact) mass is 1160 g/mol. The minimum Gasteiger partial charge on any atom is -0.490 e. The molecule has 82 heavy (non-hydrogen) atoms. The van der Waals surface area contributed by atoms with Crippen LogP contribution in [0.5, 0.6) is 11.5 Å². The minimum atomic E-state index is -1.73. The van der Waals surface area contributed by atoms with Crippen molar-refractivity contribution >= 4 is 46.5 Å². The van der Waals surface area contributed by atoms with Crippen molar-refractivity contribution in [2.45, 2.75) is 163 Å². The summed E-state index contributed by atoms with van der Waals surface area (Å²) in [6.07, 6.45) is 24.9. The molecule has 0 saturated heterocycles. The number of hydrogen-bond acceptors (Lipinski definition) is 12. The van der Waals surface area contributed by atoms with Crippen LogP contribution in [0.2, 0.25) is 10.0 Å². The molecule has 440 valence electrons. The molecule has 0 unspecified atom stereocenters. The molecule has 4 aliphatic carbocycles. The molecule has 0 radical (unpaired) electrons. The first kappa shape index (κ1) is 58.7. The minimum absolute atomic E-state index is 0.214. The fourth-order valence-corrected chi connectivity index (χ4v) is 15.7. The fourth-order valence-electron chi connectivity index (χ4n) is 15.3. The van der Waals surface area contributed by atoms with E-state index >= 15 is 0 Å². The normalized spacial score (nSPS) is 32.5. The van der Waals surface area contributed by atoms with Gasteiger partial charge in [-0.05, 0) is 221 Å². The quantitative estimate of drug-likeness (QED) is 0.111. The van der Waals surface area contributed by atoms with Gasteiger partial charge in [0.1, 0.15) is 11.5 Å². The highest BCUT2D eigenvalue weighted by atomic mass is 35.5. The van der Waals surface area contributed by atoms with Crippen molar-refractivity contribution in [3.05, 3.63) is 141 Å². The summed E-state index contributed by atoms with van der Waals surface area (Å²) >= 11 is 12.8. The molecule has 4 aromatic carbocycles. The number of ether oxygens (including phenoxy) is 4. The predicted octanol–water partition coefficient (Wildman–Crippen LogP) is 12.2. The van der Waals surface area contributed by atoms with Crippen LogP contribution >= 0.6 is 23.2 Å². The van der Waals surface area contributed by atoms with Gasteiger partial charge in [-0.3, -0.25) is 0 Å². The second-order valence-electron chi connectivity index (χ2n) is 25.3. The number of nitrogens with zero attached hydrogens (tertiary/aromatic N) is 2. The van der Waals surface area contributed by atoms with Crippen LogP contribution in [-0.4, -0.2) is 98.2 Å². The largest absolute Gasteiger partial charge is 0.490 e. The number of fused-ring (bicyclic) bond motifs is 8. The Kier molecular flexibility index (Phi) is 17.8. The topological polar surface area (TPSA) is 158 Å². The highest BCUT2D eigenvalue weighted by Gasteiger charge is 2.48. The van der Waals surface area contributed by atoms with Crippen molar-refractivity contribution in [2.75, 3.05) is 63.4 Å². The van der Waals surface area contributed by atoms with Crippen molar-refractivity contribution in [2.24, 2.45) is 23.7 Å². The van der Waals surface area contributed by atoms with Crippen LogP contribution in [0.4, 0.5) is 11.4 Å². The Bertz CT molecular complexity index is 2820. The predicted molar refractivity (Wildman–Crippen MR) is 321 cm³/mol. The van der Waals surface area contributed by atoms with Gasteiger partial charge in [-0.2, -0.15) is 0 Å². The summed E-state index contributed by atoms with van der Waals surface area (Å²) in [5.41, 5.74) is 4.16. The van der Waals surface area contributed by atoms with Gasteiger partial charge >= 0.3 is 11.9 Å². The Morgan fingerprint density at radius 2 is 0.988 bits per heavy atom. The standard InChI is InChI=1S/2C34H42ClNO5/c2*1-40-32(38)34(39)17-6-4-2-3-5-9-30(37)27-13-10-24(27)20-36-21-33(22-41-31-15-11-25(34)19-29(31)36)16-7-8-23-18-26(35)12-14-28(23)33/h2*5,9,11-12,14-15,18-19,24,27,30,37,39H,2-4,6-8,10,13,16-17,20-22H2,1H3/b2*9-5+/t24-,27+,30-,33-,34+;24-,27+,30-,33-,34-/m00/s1. The molecule has 4 N–H and O–H groups in total. The number of methoxy groups -OCH3 is 2. The Morgan fingerprint density at radius 3 is 1.39 bits per heavy atom. The number of aliphatic hydroxyl groups is 4. The zero-order valence-corrected chi connectivity index (χ0v) is 49.5. The number of halogens is 2. The van der Waals surface area contributed by atoms with Gasteiger partial charge in [0.05, 0.1) is 51.0 Å². The number of hydrogen-bond donors (Lipinski definition) is 4. The molecule has 12 nitrogen and oxygen atoms in total. The summed E-state index contributed by atoms with van der Waals surface area (Å²) < 4.78 is 23.5. The second-order valence-corrected chi connectivity index (χ2v) is 26.2. The van der Waals surface area contributed by atoms with Crippen LogP contribution in [0, 0.1) is 23.7 Å². The molecule has 10 atom stereocenters. The lowest BCUT2D eigenvalue weighted by Crippen LogP contribution is -2.49. The summed E-state index contributed by atoms with van der Waals surface area (Å²) in [6, 6.07) is 23.9. The van der Waals surface area contributed by atoms with Crippen LogP contribution in [0.1, 0.15) is 149 Å². The summed E-state index contributed by atoms with van der Waals surface area (Å²) in [4.78, 5) is 30.9. The lowest BCUT2D eigenvalue weighted by atomic mass is 9.68. The molecule has 14 heteroatoms. The third-order valence-corrected chi connectivity index (χ3v) is 20.8.